The number of imide groups is 2. The van der Waals surface area contributed by atoms with Crippen molar-refractivity contribution in [2.75, 3.05) is 11.9 Å². The Morgan fingerprint density at radius 1 is 0.884 bits per heavy atom. The number of anilines is 1. The van der Waals surface area contributed by atoms with Gasteiger partial charge in [-0.25, -0.2) is 0 Å². The maximum Gasteiger partial charge on any atom is 0.262 e. The van der Waals surface area contributed by atoms with Crippen molar-refractivity contribution >= 4 is 29.3 Å². The number of carbonyl (C=O) groups excluding carboxylic acids is 4. The maximum absolute atomic E-state index is 13.1. The molecule has 1 saturated heterocycles. The molecule has 4 heterocycles. The lowest BCUT2D eigenvalue weighted by molar-refractivity contribution is -0.136. The topological polar surface area (TPSA) is 126 Å². The fraction of sp³-hybridized carbons (Fsp3) is 0.455. The quantitative estimate of drug-likeness (QED) is 0.403. The first-order valence-electron chi connectivity index (χ1n) is 15.6. The Bertz CT molecular complexity index is 1680. The molecule has 3 aromatic rings. The zero-order chi connectivity index (χ0) is 29.2. The van der Waals surface area contributed by atoms with E-state index in [0.29, 0.717) is 29.0 Å². The number of aromatic nitrogens is 3. The number of hydrogen-bond donors (Lipinski definition) is 2. The van der Waals surface area contributed by atoms with Crippen molar-refractivity contribution < 1.29 is 19.2 Å². The summed E-state index contributed by atoms with van der Waals surface area (Å²) in [6, 6.07) is 9.00. The van der Waals surface area contributed by atoms with E-state index in [1.165, 1.54) is 48.2 Å². The molecule has 2 aromatic heterocycles. The molecular weight excluding hydrogens is 544 g/mol. The van der Waals surface area contributed by atoms with E-state index in [1.54, 1.807) is 18.2 Å². The van der Waals surface area contributed by atoms with Crippen LogP contribution in [0.3, 0.4) is 0 Å². The van der Waals surface area contributed by atoms with Crippen molar-refractivity contribution in [2.24, 2.45) is 5.92 Å². The van der Waals surface area contributed by atoms with Gasteiger partial charge in [-0.1, -0.05) is 6.07 Å². The molecule has 0 bridgehead atoms. The molecule has 220 valence electrons. The third-order valence-electron chi connectivity index (χ3n) is 9.80. The molecular formula is C33H34N6O4. The highest BCUT2D eigenvalue weighted by molar-refractivity contribution is 6.23. The van der Waals surface area contributed by atoms with Gasteiger partial charge in [0, 0.05) is 42.0 Å². The summed E-state index contributed by atoms with van der Waals surface area (Å²) in [5.41, 5.74) is 7.47. The summed E-state index contributed by atoms with van der Waals surface area (Å²) < 4.78 is 2.17. The van der Waals surface area contributed by atoms with Gasteiger partial charge in [0.15, 0.2) is 0 Å². The maximum atomic E-state index is 13.1. The van der Waals surface area contributed by atoms with Crippen LogP contribution in [0.25, 0.3) is 11.3 Å². The minimum Gasteiger partial charge on any atom is -0.385 e. The summed E-state index contributed by atoms with van der Waals surface area (Å²) in [6.07, 6.45) is 11.6. The van der Waals surface area contributed by atoms with Gasteiger partial charge in [0.1, 0.15) is 6.04 Å². The Labute approximate surface area is 249 Å². The molecule has 5 aliphatic rings. The SMILES string of the molecule is O=C1CCC(N2C(=O)c3ccc(NC[C@H]4C[C@H](n5cc(-c6ccc7c(n6)CCCC7)c(C6CC6)n5)C4)cc3C2=O)C(=O)N1. The van der Waals surface area contributed by atoms with E-state index in [-0.39, 0.29) is 18.7 Å². The van der Waals surface area contributed by atoms with Gasteiger partial charge in [-0.05, 0) is 93.5 Å². The molecule has 1 aromatic carbocycles. The van der Waals surface area contributed by atoms with Crippen LogP contribution in [0.15, 0.2) is 36.5 Å². The smallest absolute Gasteiger partial charge is 0.262 e. The molecule has 1 atom stereocenters. The second-order valence-corrected chi connectivity index (χ2v) is 12.8. The average Bonchev–Trinajstić information content (AvgIpc) is 3.70. The highest BCUT2D eigenvalue weighted by Crippen LogP contribution is 2.46. The lowest BCUT2D eigenvalue weighted by Gasteiger charge is -2.35. The minimum atomic E-state index is -0.959. The molecule has 3 aliphatic carbocycles. The van der Waals surface area contributed by atoms with E-state index in [2.05, 4.69) is 33.6 Å². The standard InChI is InChI=1S/C33H34N6O4/c40-29-12-11-28(31(41)36-29)39-32(42)23-9-8-21(15-24(23)33(39)43)34-16-18-13-22(14-18)38-17-25(30(37-38)20-5-6-20)27-10-7-19-3-1-2-4-26(19)35-27/h7-10,15,17-18,20,22,28,34H,1-6,11-14,16H2,(H,36,40,41)/t18-,22-,28?. The largest absolute Gasteiger partial charge is 0.385 e. The molecule has 0 radical (unpaired) electrons. The predicted octanol–water partition coefficient (Wildman–Crippen LogP) is 4.17. The van der Waals surface area contributed by atoms with Gasteiger partial charge in [0.05, 0.1) is 28.6 Å². The van der Waals surface area contributed by atoms with Crippen LogP contribution in [0.1, 0.15) is 101 Å². The van der Waals surface area contributed by atoms with Crippen molar-refractivity contribution in [2.45, 2.75) is 82.2 Å². The van der Waals surface area contributed by atoms with Gasteiger partial charge in [-0.2, -0.15) is 5.10 Å². The molecule has 8 rings (SSSR count). The van der Waals surface area contributed by atoms with Crippen LogP contribution >= 0.6 is 0 Å². The zero-order valence-electron chi connectivity index (χ0n) is 24.0. The number of hydrogen-bond acceptors (Lipinski definition) is 7. The number of benzene rings is 1. The first-order chi connectivity index (χ1) is 20.9. The van der Waals surface area contributed by atoms with E-state index in [9.17, 15) is 19.2 Å². The highest BCUT2D eigenvalue weighted by atomic mass is 16.2. The number of amides is 4. The Kier molecular flexibility index (Phi) is 6.20. The van der Waals surface area contributed by atoms with E-state index >= 15 is 0 Å². The Morgan fingerprint density at radius 2 is 1.70 bits per heavy atom. The van der Waals surface area contributed by atoms with E-state index in [4.69, 9.17) is 10.1 Å². The van der Waals surface area contributed by atoms with E-state index in [0.717, 1.165) is 48.5 Å². The number of fused-ring (bicyclic) bond motifs is 2. The van der Waals surface area contributed by atoms with Crippen LogP contribution in [0.5, 0.6) is 0 Å². The second kappa shape index (κ2) is 10.1. The third-order valence-corrected chi connectivity index (χ3v) is 9.80. The van der Waals surface area contributed by atoms with Crippen LogP contribution in [-0.2, 0) is 22.4 Å². The summed E-state index contributed by atoms with van der Waals surface area (Å²) >= 11 is 0. The summed E-state index contributed by atoms with van der Waals surface area (Å²) in [6.45, 7) is 0.754. The molecule has 10 nitrogen and oxygen atoms in total. The van der Waals surface area contributed by atoms with Crippen molar-refractivity contribution in [1.82, 2.24) is 25.0 Å². The number of nitrogens with one attached hydrogen (secondary N) is 2. The van der Waals surface area contributed by atoms with Gasteiger partial charge in [0.25, 0.3) is 11.8 Å². The number of rotatable bonds is 7. The monoisotopic (exact) mass is 578 g/mol. The molecule has 4 amide bonds. The van der Waals surface area contributed by atoms with Gasteiger partial charge >= 0.3 is 0 Å². The summed E-state index contributed by atoms with van der Waals surface area (Å²) in [5, 5.41) is 10.8. The minimum absolute atomic E-state index is 0.103. The molecule has 10 heteroatoms. The molecule has 3 fully saturated rings. The van der Waals surface area contributed by atoms with Gasteiger partial charge in [0.2, 0.25) is 11.8 Å². The number of aryl methyl sites for hydroxylation is 2. The van der Waals surface area contributed by atoms with Crippen LogP contribution in [0, 0.1) is 5.92 Å². The first kappa shape index (κ1) is 26.3. The average molecular weight is 579 g/mol. The van der Waals surface area contributed by atoms with Crippen LogP contribution in [-0.4, -0.2) is 55.9 Å². The first-order valence-corrected chi connectivity index (χ1v) is 15.6. The number of carbonyl (C=O) groups is 4. The summed E-state index contributed by atoms with van der Waals surface area (Å²) in [4.78, 5) is 56.0. The van der Waals surface area contributed by atoms with Gasteiger partial charge in [-0.3, -0.25) is 39.1 Å². The lowest BCUT2D eigenvalue weighted by atomic mass is 9.80. The summed E-state index contributed by atoms with van der Waals surface area (Å²) in [5.74, 6) is -0.947. The fourth-order valence-electron chi connectivity index (χ4n) is 7.11. The number of pyridine rings is 1. The van der Waals surface area contributed by atoms with Crippen LogP contribution < -0.4 is 10.6 Å². The van der Waals surface area contributed by atoms with E-state index < -0.39 is 23.8 Å². The Morgan fingerprint density at radius 3 is 2.51 bits per heavy atom. The predicted molar refractivity (Wildman–Crippen MR) is 157 cm³/mol. The van der Waals surface area contributed by atoms with Crippen LogP contribution in [0.4, 0.5) is 5.69 Å². The molecule has 2 saturated carbocycles. The number of nitrogens with zero attached hydrogens (tertiary/aromatic N) is 4. The Hall–Kier alpha value is -4.34. The second-order valence-electron chi connectivity index (χ2n) is 12.8. The summed E-state index contributed by atoms with van der Waals surface area (Å²) in [7, 11) is 0. The van der Waals surface area contributed by atoms with Crippen molar-refractivity contribution in [3.8, 4) is 11.3 Å². The Balaban J connectivity index is 0.914. The number of piperidine rings is 1. The van der Waals surface area contributed by atoms with Crippen molar-refractivity contribution in [3.63, 3.8) is 0 Å². The van der Waals surface area contributed by atoms with Crippen molar-refractivity contribution in [1.29, 1.82) is 0 Å². The van der Waals surface area contributed by atoms with Gasteiger partial charge < -0.3 is 5.32 Å². The fourth-order valence-corrected chi connectivity index (χ4v) is 7.11. The normalized spacial score (nSPS) is 24.8. The molecule has 0 spiro atoms. The molecule has 43 heavy (non-hydrogen) atoms. The van der Waals surface area contributed by atoms with Crippen molar-refractivity contribution in [3.05, 3.63) is 64.6 Å². The third kappa shape index (κ3) is 4.63. The lowest BCUT2D eigenvalue weighted by Crippen LogP contribution is -2.54. The molecule has 2 N–H and O–H groups in total. The molecule has 1 unspecified atom stereocenters. The highest BCUT2D eigenvalue weighted by Gasteiger charge is 2.44. The van der Waals surface area contributed by atoms with Gasteiger partial charge in [-0.15, -0.1) is 0 Å². The van der Waals surface area contributed by atoms with E-state index in [1.807, 2.05) is 0 Å². The molecule has 2 aliphatic heterocycles. The zero-order valence-corrected chi connectivity index (χ0v) is 24.0. The van der Waals surface area contributed by atoms with Crippen LogP contribution in [0.2, 0.25) is 0 Å².